The van der Waals surface area contributed by atoms with Crippen molar-refractivity contribution in [3.05, 3.63) is 34.3 Å². The monoisotopic (exact) mass is 401 g/mol. The van der Waals surface area contributed by atoms with Crippen molar-refractivity contribution in [1.82, 2.24) is 5.32 Å². The van der Waals surface area contributed by atoms with Crippen molar-refractivity contribution in [3.63, 3.8) is 0 Å². The quantitative estimate of drug-likeness (QED) is 0.711. The fourth-order valence-corrected chi connectivity index (χ4v) is 3.88. The van der Waals surface area contributed by atoms with E-state index in [4.69, 9.17) is 21.1 Å². The van der Waals surface area contributed by atoms with Gasteiger partial charge in [0.15, 0.2) is 0 Å². The second kappa shape index (κ2) is 9.00. The van der Waals surface area contributed by atoms with E-state index in [9.17, 15) is 9.59 Å². The van der Waals surface area contributed by atoms with Crippen LogP contribution >= 0.6 is 21.6 Å². The molecule has 1 aromatic rings. The van der Waals surface area contributed by atoms with E-state index in [0.717, 1.165) is 16.9 Å². The SMILES string of the molecule is CCOC(=O)C(NC(=O)OCCS(C)(C)C)C1Cc2cccc(Cl)c2C1. The lowest BCUT2D eigenvalue weighted by molar-refractivity contribution is -0.147. The molecule has 1 aliphatic rings. The van der Waals surface area contributed by atoms with Crippen molar-refractivity contribution in [2.24, 2.45) is 5.92 Å². The summed E-state index contributed by atoms with van der Waals surface area (Å²) in [5.41, 5.74) is 2.16. The smallest absolute Gasteiger partial charge is 0.407 e. The number of fused-ring (bicyclic) bond motifs is 1. The van der Waals surface area contributed by atoms with Crippen molar-refractivity contribution in [1.29, 1.82) is 0 Å². The van der Waals surface area contributed by atoms with E-state index in [2.05, 4.69) is 24.1 Å². The van der Waals surface area contributed by atoms with Crippen LogP contribution in [0.2, 0.25) is 5.02 Å². The molecule has 1 aromatic carbocycles. The first-order chi connectivity index (χ1) is 12.2. The minimum Gasteiger partial charge on any atom is -0.464 e. The number of benzene rings is 1. The number of ether oxygens (including phenoxy) is 2. The molecule has 1 aliphatic carbocycles. The van der Waals surface area contributed by atoms with Crippen molar-refractivity contribution < 1.29 is 19.1 Å². The number of hydrogen-bond donors (Lipinski definition) is 1. The minimum atomic E-state index is -0.743. The summed E-state index contributed by atoms with van der Waals surface area (Å²) in [7, 11) is -0.741. The number of nitrogens with one attached hydrogen (secondary N) is 1. The summed E-state index contributed by atoms with van der Waals surface area (Å²) in [6, 6.07) is 5.01. The molecule has 0 saturated carbocycles. The van der Waals surface area contributed by atoms with Crippen LogP contribution < -0.4 is 5.32 Å². The van der Waals surface area contributed by atoms with Gasteiger partial charge in [0.05, 0.1) is 6.61 Å². The molecule has 0 spiro atoms. The van der Waals surface area contributed by atoms with Gasteiger partial charge in [-0.05, 0) is 61.6 Å². The highest BCUT2D eigenvalue weighted by Crippen LogP contribution is 2.34. The van der Waals surface area contributed by atoms with Crippen LogP contribution in [0.1, 0.15) is 18.1 Å². The lowest BCUT2D eigenvalue weighted by Crippen LogP contribution is -2.47. The molecule has 0 aliphatic heterocycles. The third-order valence-corrected chi connectivity index (χ3v) is 6.12. The largest absolute Gasteiger partial charge is 0.464 e. The van der Waals surface area contributed by atoms with Gasteiger partial charge < -0.3 is 14.8 Å². The molecule has 26 heavy (non-hydrogen) atoms. The second-order valence-corrected chi connectivity index (χ2v) is 12.3. The van der Waals surface area contributed by atoms with E-state index in [1.165, 1.54) is 0 Å². The van der Waals surface area contributed by atoms with E-state index in [1.807, 2.05) is 18.2 Å². The molecule has 146 valence electrons. The Morgan fingerprint density at radius 2 is 2.00 bits per heavy atom. The number of rotatable bonds is 7. The molecule has 0 bridgehead atoms. The van der Waals surface area contributed by atoms with E-state index in [1.54, 1.807) is 6.92 Å². The van der Waals surface area contributed by atoms with Gasteiger partial charge >= 0.3 is 12.1 Å². The zero-order valence-corrected chi connectivity index (χ0v) is 17.4. The summed E-state index contributed by atoms with van der Waals surface area (Å²) in [6.07, 6.45) is 7.21. The first kappa shape index (κ1) is 20.9. The van der Waals surface area contributed by atoms with Gasteiger partial charge in [0.1, 0.15) is 12.6 Å². The Morgan fingerprint density at radius 3 is 2.62 bits per heavy atom. The first-order valence-electron chi connectivity index (χ1n) is 8.73. The summed E-state index contributed by atoms with van der Waals surface area (Å²) in [5.74, 6) is 0.305. The number of amides is 1. The Hall–Kier alpha value is -1.40. The molecule has 2 unspecified atom stereocenters. The molecular weight excluding hydrogens is 374 g/mol. The van der Waals surface area contributed by atoms with Crippen molar-refractivity contribution in [2.45, 2.75) is 25.8 Å². The molecule has 7 heteroatoms. The maximum absolute atomic E-state index is 12.4. The average Bonchev–Trinajstić information content (AvgIpc) is 2.97. The van der Waals surface area contributed by atoms with Crippen molar-refractivity contribution in [2.75, 3.05) is 37.7 Å². The van der Waals surface area contributed by atoms with Crippen LogP contribution in [0, 0.1) is 5.92 Å². The van der Waals surface area contributed by atoms with Gasteiger partial charge in [-0.25, -0.2) is 19.6 Å². The second-order valence-electron chi connectivity index (χ2n) is 7.35. The minimum absolute atomic E-state index is 0.0928. The number of carbonyl (C=O) groups excluding carboxylic acids is 2. The van der Waals surface area contributed by atoms with Gasteiger partial charge in [-0.15, -0.1) is 0 Å². The number of halogens is 1. The molecule has 0 heterocycles. The Kier molecular flexibility index (Phi) is 7.24. The highest BCUT2D eigenvalue weighted by Gasteiger charge is 2.36. The molecule has 0 aromatic heterocycles. The molecule has 1 amide bonds. The molecule has 0 radical (unpaired) electrons. The van der Waals surface area contributed by atoms with E-state index < -0.39 is 28.1 Å². The van der Waals surface area contributed by atoms with Crippen LogP contribution in [0.5, 0.6) is 0 Å². The summed E-state index contributed by atoms with van der Waals surface area (Å²) >= 11 is 6.27. The van der Waals surface area contributed by atoms with Crippen LogP contribution in [0.25, 0.3) is 0 Å². The number of hydrogen-bond acceptors (Lipinski definition) is 4. The van der Waals surface area contributed by atoms with Crippen LogP contribution in [0.15, 0.2) is 18.2 Å². The third-order valence-electron chi connectivity index (χ3n) is 4.38. The summed E-state index contributed by atoms with van der Waals surface area (Å²) in [4.78, 5) is 24.6. The van der Waals surface area contributed by atoms with Gasteiger partial charge in [0.25, 0.3) is 0 Å². The Bertz CT molecular complexity index is 659. The molecular formula is C19H28ClNO4S. The maximum Gasteiger partial charge on any atom is 0.407 e. The maximum atomic E-state index is 12.4. The van der Waals surface area contributed by atoms with Gasteiger partial charge in [-0.1, -0.05) is 23.7 Å². The van der Waals surface area contributed by atoms with Crippen molar-refractivity contribution in [3.8, 4) is 0 Å². The molecule has 1 N–H and O–H groups in total. The Labute approximate surface area is 162 Å². The summed E-state index contributed by atoms with van der Waals surface area (Å²) in [6.45, 7) is 2.36. The van der Waals surface area contributed by atoms with E-state index >= 15 is 0 Å². The van der Waals surface area contributed by atoms with Gasteiger partial charge in [-0.2, -0.15) is 0 Å². The van der Waals surface area contributed by atoms with E-state index in [-0.39, 0.29) is 12.5 Å². The molecule has 0 saturated heterocycles. The van der Waals surface area contributed by atoms with Gasteiger partial charge in [-0.3, -0.25) is 0 Å². The fourth-order valence-electron chi connectivity index (χ4n) is 3.03. The first-order valence-corrected chi connectivity index (χ1v) is 12.1. The Balaban J connectivity index is 2.02. The van der Waals surface area contributed by atoms with Crippen LogP contribution in [0.3, 0.4) is 0 Å². The van der Waals surface area contributed by atoms with Crippen LogP contribution in [-0.4, -0.2) is 55.8 Å². The summed E-state index contributed by atoms with van der Waals surface area (Å²) < 4.78 is 10.4. The molecule has 2 atom stereocenters. The average molecular weight is 402 g/mol. The molecule has 2 rings (SSSR count). The highest BCUT2D eigenvalue weighted by molar-refractivity contribution is 8.32. The number of carbonyl (C=O) groups is 2. The normalized spacial score (nSPS) is 18.0. The highest BCUT2D eigenvalue weighted by atomic mass is 35.5. The molecule has 5 nitrogen and oxygen atoms in total. The van der Waals surface area contributed by atoms with E-state index in [0.29, 0.717) is 24.5 Å². The number of esters is 1. The number of alkyl carbamates (subject to hydrolysis) is 1. The fraction of sp³-hybridized carbons (Fsp3) is 0.579. The summed E-state index contributed by atoms with van der Waals surface area (Å²) in [5, 5.41) is 3.41. The predicted molar refractivity (Wildman–Crippen MR) is 107 cm³/mol. The lowest BCUT2D eigenvalue weighted by Gasteiger charge is -2.25. The van der Waals surface area contributed by atoms with Crippen LogP contribution in [-0.2, 0) is 27.1 Å². The standard InChI is InChI=1S/C19H28ClNO4S/c1-5-24-18(22)17(21-19(23)25-9-10-26(2,3)4)14-11-13-7-6-8-16(20)15(13)12-14/h6-8,14,17H,5,9-12H2,1-4H3,(H,21,23). The zero-order valence-electron chi connectivity index (χ0n) is 15.8. The van der Waals surface area contributed by atoms with Crippen LogP contribution in [0.4, 0.5) is 4.79 Å². The van der Waals surface area contributed by atoms with Gasteiger partial charge in [0, 0.05) is 10.8 Å². The van der Waals surface area contributed by atoms with Gasteiger partial charge in [0.2, 0.25) is 0 Å². The topological polar surface area (TPSA) is 64.6 Å². The predicted octanol–water partition coefficient (Wildman–Crippen LogP) is 3.41. The van der Waals surface area contributed by atoms with Crippen molar-refractivity contribution >= 4 is 33.7 Å². The lowest BCUT2D eigenvalue weighted by atomic mass is 9.96. The molecule has 0 fully saturated rings. The zero-order chi connectivity index (χ0) is 19.3. The Morgan fingerprint density at radius 1 is 1.27 bits per heavy atom. The third kappa shape index (κ3) is 5.81.